The van der Waals surface area contributed by atoms with Crippen LogP contribution in [0.2, 0.25) is 0 Å². The van der Waals surface area contributed by atoms with Crippen LogP contribution in [0.5, 0.6) is 0 Å². The van der Waals surface area contributed by atoms with Gasteiger partial charge in [0, 0.05) is 13.2 Å². The van der Waals surface area contributed by atoms with E-state index >= 15 is 0 Å². The average molecular weight is 652 g/mol. The van der Waals surface area contributed by atoms with E-state index in [1.54, 1.807) is 6.21 Å². The van der Waals surface area contributed by atoms with Gasteiger partial charge in [0.25, 0.3) is 0 Å². The van der Waals surface area contributed by atoms with Crippen LogP contribution in [0.25, 0.3) is 10.8 Å². The second-order valence-corrected chi connectivity index (χ2v) is 10.2. The van der Waals surface area contributed by atoms with E-state index in [0.717, 1.165) is 37.9 Å². The summed E-state index contributed by atoms with van der Waals surface area (Å²) in [6.45, 7) is 13.0. The van der Waals surface area contributed by atoms with Gasteiger partial charge in [-0.05, 0) is 41.7 Å². The molecule has 0 unspecified atom stereocenters. The summed E-state index contributed by atoms with van der Waals surface area (Å²) in [4.78, 5) is 5.36. The Kier molecular flexibility index (Phi) is 27.3. The highest BCUT2D eigenvalue weighted by Gasteiger charge is 1.97. The topological polar surface area (TPSA) is 105 Å². The minimum Gasteiger partial charge on any atom is -0.396 e. The molecule has 0 heterocycles. The normalized spacial score (nSPS) is 11.7. The van der Waals surface area contributed by atoms with Crippen LogP contribution in [0.15, 0.2) is 47.6 Å². The molecule has 0 radical (unpaired) electrons. The maximum absolute atomic E-state index is 5.59. The molecule has 11 heteroatoms. The lowest BCUT2D eigenvalue weighted by molar-refractivity contribution is -0.0251. The van der Waals surface area contributed by atoms with Crippen molar-refractivity contribution < 1.29 is 47.5 Å². The predicted molar refractivity (Wildman–Crippen MR) is 179 cm³/mol. The van der Waals surface area contributed by atoms with E-state index in [4.69, 9.17) is 47.5 Å². The lowest BCUT2D eigenvalue weighted by atomic mass is 10.1. The van der Waals surface area contributed by atoms with Crippen molar-refractivity contribution in [1.82, 2.24) is 0 Å². The van der Waals surface area contributed by atoms with E-state index in [0.29, 0.717) is 119 Å². The number of benzene rings is 2. The Balaban J connectivity index is 1.18. The van der Waals surface area contributed by atoms with Crippen molar-refractivity contribution in [3.8, 4) is 0 Å². The molecule has 11 nitrogen and oxygen atoms in total. The Morgan fingerprint density at radius 3 is 1.28 bits per heavy atom. The number of nitrogens with zero attached hydrogens (tertiary/aromatic N) is 1. The summed E-state index contributed by atoms with van der Waals surface area (Å²) < 4.78 is 49.4. The summed E-state index contributed by atoms with van der Waals surface area (Å²) >= 11 is 0. The average Bonchev–Trinajstić information content (AvgIpc) is 3.08. The maximum Gasteiger partial charge on any atom is 0.117 e. The smallest absolute Gasteiger partial charge is 0.117 e. The van der Waals surface area contributed by atoms with Gasteiger partial charge in [0.05, 0.1) is 112 Å². The Morgan fingerprint density at radius 2 is 0.826 bits per heavy atom. The summed E-state index contributed by atoms with van der Waals surface area (Å²) in [5.41, 5.74) is 1.02. The van der Waals surface area contributed by atoms with E-state index < -0.39 is 0 Å². The maximum atomic E-state index is 5.59. The van der Waals surface area contributed by atoms with Crippen molar-refractivity contribution >= 4 is 17.0 Å². The van der Waals surface area contributed by atoms with E-state index in [1.807, 2.05) is 18.2 Å². The number of oxime groups is 1. The van der Waals surface area contributed by atoms with E-state index in [-0.39, 0.29) is 0 Å². The molecule has 0 spiro atoms. The molecule has 262 valence electrons. The van der Waals surface area contributed by atoms with Crippen molar-refractivity contribution in [2.24, 2.45) is 5.16 Å². The summed E-state index contributed by atoms with van der Waals surface area (Å²) in [6.07, 6.45) is 5.79. The van der Waals surface area contributed by atoms with Crippen molar-refractivity contribution in [2.45, 2.75) is 32.6 Å². The van der Waals surface area contributed by atoms with Crippen molar-refractivity contribution in [2.75, 3.05) is 126 Å². The monoisotopic (exact) mass is 651 g/mol. The molecule has 0 aliphatic carbocycles. The molecule has 46 heavy (non-hydrogen) atoms. The predicted octanol–water partition coefficient (Wildman–Crippen LogP) is 4.92. The number of fused-ring (bicyclic) bond motifs is 1. The Hall–Kier alpha value is -2.19. The van der Waals surface area contributed by atoms with Gasteiger partial charge >= 0.3 is 0 Å². The Bertz CT molecular complexity index is 964. The number of unbranched alkanes of at least 4 members (excludes halogenated alkanes) is 2. The fourth-order valence-electron chi connectivity index (χ4n) is 3.92. The van der Waals surface area contributed by atoms with Crippen LogP contribution >= 0.6 is 0 Å². The molecule has 0 fully saturated rings. The largest absolute Gasteiger partial charge is 0.396 e. The molecule has 0 atom stereocenters. The minimum atomic E-state index is 0.522. The fourth-order valence-corrected chi connectivity index (χ4v) is 3.92. The summed E-state index contributed by atoms with van der Waals surface area (Å²) in [6, 6.07) is 14.5. The molecule has 0 saturated heterocycles. The molecular formula is C35H57NO10. The molecular weight excluding hydrogens is 594 g/mol. The zero-order valence-corrected chi connectivity index (χ0v) is 27.9. The minimum absolute atomic E-state index is 0.522. The van der Waals surface area contributed by atoms with Crippen LogP contribution in [0.3, 0.4) is 0 Å². The quantitative estimate of drug-likeness (QED) is 0.0589. The van der Waals surface area contributed by atoms with Crippen LogP contribution in [-0.2, 0) is 47.5 Å². The first kappa shape index (κ1) is 40.0. The second-order valence-electron chi connectivity index (χ2n) is 10.2. The van der Waals surface area contributed by atoms with Crippen LogP contribution in [0, 0.1) is 0 Å². The van der Waals surface area contributed by atoms with Crippen LogP contribution in [-0.4, -0.2) is 132 Å². The van der Waals surface area contributed by atoms with Crippen LogP contribution < -0.4 is 0 Å². The van der Waals surface area contributed by atoms with Crippen molar-refractivity contribution in [1.29, 1.82) is 0 Å². The van der Waals surface area contributed by atoms with Gasteiger partial charge in [-0.15, -0.1) is 0 Å². The second kappa shape index (κ2) is 31.4. The molecule has 0 aromatic heterocycles. The van der Waals surface area contributed by atoms with Gasteiger partial charge in [-0.3, -0.25) is 0 Å². The van der Waals surface area contributed by atoms with Gasteiger partial charge in [-0.25, -0.2) is 0 Å². The highest BCUT2D eigenvalue weighted by Crippen LogP contribution is 2.14. The first-order valence-electron chi connectivity index (χ1n) is 16.7. The molecule has 0 aliphatic rings. The number of hydrogen-bond acceptors (Lipinski definition) is 11. The van der Waals surface area contributed by atoms with Gasteiger partial charge in [-0.1, -0.05) is 54.9 Å². The van der Waals surface area contributed by atoms with Crippen LogP contribution in [0.4, 0.5) is 0 Å². The molecule has 0 saturated carbocycles. The molecule has 2 aromatic carbocycles. The molecule has 2 rings (SSSR count). The summed E-state index contributed by atoms with van der Waals surface area (Å²) in [7, 11) is 0. The highest BCUT2D eigenvalue weighted by molar-refractivity contribution is 5.90. The van der Waals surface area contributed by atoms with E-state index in [2.05, 4.69) is 36.3 Å². The summed E-state index contributed by atoms with van der Waals surface area (Å²) in [5.74, 6) is 0. The molecule has 2 aromatic rings. The number of rotatable bonds is 34. The SMILES string of the molecule is CCCCOCCOCCOCCOCCOCCOCCOCCOCCOCCCCO/N=C/c1ccc2ccccc2c1. The number of ether oxygens (including phenoxy) is 9. The highest BCUT2D eigenvalue weighted by atomic mass is 16.6. The lowest BCUT2D eigenvalue weighted by Crippen LogP contribution is -2.15. The lowest BCUT2D eigenvalue weighted by Gasteiger charge is -2.09. The van der Waals surface area contributed by atoms with Gasteiger partial charge in [0.15, 0.2) is 0 Å². The van der Waals surface area contributed by atoms with Crippen molar-refractivity contribution in [3.63, 3.8) is 0 Å². The zero-order chi connectivity index (χ0) is 32.4. The molecule has 0 aliphatic heterocycles. The third kappa shape index (κ3) is 24.0. The number of hydrogen-bond donors (Lipinski definition) is 0. The van der Waals surface area contributed by atoms with Crippen LogP contribution in [0.1, 0.15) is 38.2 Å². The third-order valence-corrected chi connectivity index (χ3v) is 6.44. The fraction of sp³-hybridized carbons (Fsp3) is 0.686. The van der Waals surface area contributed by atoms with E-state index in [9.17, 15) is 0 Å². The molecule has 0 N–H and O–H groups in total. The third-order valence-electron chi connectivity index (χ3n) is 6.44. The summed E-state index contributed by atoms with van der Waals surface area (Å²) in [5, 5.41) is 6.47. The van der Waals surface area contributed by atoms with Gasteiger partial charge in [0.2, 0.25) is 0 Å². The molecule has 0 amide bonds. The first-order chi connectivity index (χ1) is 22.9. The molecule has 0 bridgehead atoms. The Morgan fingerprint density at radius 1 is 0.435 bits per heavy atom. The van der Waals surface area contributed by atoms with Gasteiger partial charge in [0.1, 0.15) is 6.61 Å². The zero-order valence-electron chi connectivity index (χ0n) is 27.9. The van der Waals surface area contributed by atoms with Gasteiger partial charge in [-0.2, -0.15) is 0 Å². The van der Waals surface area contributed by atoms with Crippen molar-refractivity contribution in [3.05, 3.63) is 48.0 Å². The first-order valence-corrected chi connectivity index (χ1v) is 16.7. The standard InChI is InChI=1S/C35H57NO10/c1-2-3-12-37-15-17-39-19-21-41-23-25-43-27-29-45-30-28-44-26-24-42-22-20-40-18-16-38-13-6-7-14-46-36-32-33-10-11-34-8-4-5-9-35(34)31-33/h4-5,8-11,31-32H,2-3,6-7,12-30H2,1H3/b36-32+. The van der Waals surface area contributed by atoms with E-state index in [1.165, 1.54) is 10.8 Å². The Labute approximate surface area is 275 Å². The van der Waals surface area contributed by atoms with Gasteiger partial charge < -0.3 is 47.5 Å².